The Kier molecular flexibility index (Phi) is 6.68. The standard InChI is InChI=1S/C19H17F2IN2O4/c1-2-26-7-8-28-24-19(25)13-9-11-5-6-27-18(11)16(21)17(13)23-15-4-3-12(22)10-14(15)20/h2-4,9-10,23H,1,5-8H2,(H,24,25). The second-order valence-electron chi connectivity index (χ2n) is 5.77. The average Bonchev–Trinajstić information content (AvgIpc) is 3.14. The van der Waals surface area contributed by atoms with Gasteiger partial charge in [0.25, 0.3) is 5.91 Å². The van der Waals surface area contributed by atoms with E-state index in [1.54, 1.807) is 6.07 Å². The smallest absolute Gasteiger partial charge is 0.277 e. The van der Waals surface area contributed by atoms with Crippen LogP contribution >= 0.6 is 22.6 Å². The molecule has 2 N–H and O–H groups in total. The highest BCUT2D eigenvalue weighted by Gasteiger charge is 2.27. The second kappa shape index (κ2) is 9.20. The van der Waals surface area contributed by atoms with Crippen LogP contribution in [0.2, 0.25) is 0 Å². The minimum atomic E-state index is -0.756. The number of hydrogen-bond acceptors (Lipinski definition) is 5. The fourth-order valence-electron chi connectivity index (χ4n) is 2.66. The Morgan fingerprint density at radius 2 is 2.14 bits per heavy atom. The average molecular weight is 502 g/mol. The van der Waals surface area contributed by atoms with Gasteiger partial charge in [-0.1, -0.05) is 6.58 Å². The molecule has 28 heavy (non-hydrogen) atoms. The van der Waals surface area contributed by atoms with E-state index < -0.39 is 17.5 Å². The highest BCUT2D eigenvalue weighted by molar-refractivity contribution is 14.1. The molecule has 0 bridgehead atoms. The molecule has 1 aliphatic heterocycles. The first-order chi connectivity index (χ1) is 13.5. The number of hydroxylamine groups is 1. The van der Waals surface area contributed by atoms with Crippen molar-refractivity contribution in [1.82, 2.24) is 5.48 Å². The van der Waals surface area contributed by atoms with Crippen LogP contribution in [-0.2, 0) is 16.0 Å². The molecule has 0 fully saturated rings. The largest absolute Gasteiger partial charge is 0.499 e. The van der Waals surface area contributed by atoms with Crippen LogP contribution in [0.4, 0.5) is 20.2 Å². The van der Waals surface area contributed by atoms with Crippen molar-refractivity contribution in [2.75, 3.05) is 25.1 Å². The Morgan fingerprint density at radius 1 is 1.32 bits per heavy atom. The predicted molar refractivity (Wildman–Crippen MR) is 108 cm³/mol. The SMILES string of the molecule is C=COCCONC(=O)c1cc2c(c(F)c1Nc1ccc(I)cc1F)OCC2. The highest BCUT2D eigenvalue weighted by atomic mass is 127. The monoisotopic (exact) mass is 502 g/mol. The van der Waals surface area contributed by atoms with Gasteiger partial charge in [0.2, 0.25) is 0 Å². The van der Waals surface area contributed by atoms with Gasteiger partial charge in [0.05, 0.1) is 29.8 Å². The van der Waals surface area contributed by atoms with Crippen LogP contribution in [0.3, 0.4) is 0 Å². The summed E-state index contributed by atoms with van der Waals surface area (Å²) in [4.78, 5) is 17.6. The molecule has 0 radical (unpaired) electrons. The van der Waals surface area contributed by atoms with E-state index in [-0.39, 0.29) is 35.9 Å². The lowest BCUT2D eigenvalue weighted by Crippen LogP contribution is -2.26. The van der Waals surface area contributed by atoms with Gasteiger partial charge in [-0.2, -0.15) is 0 Å². The number of carbonyl (C=O) groups is 1. The lowest BCUT2D eigenvalue weighted by atomic mass is 10.0. The van der Waals surface area contributed by atoms with E-state index >= 15 is 4.39 Å². The predicted octanol–water partition coefficient (Wildman–Crippen LogP) is 4.07. The second-order valence-corrected chi connectivity index (χ2v) is 7.01. The topological polar surface area (TPSA) is 68.8 Å². The van der Waals surface area contributed by atoms with Crippen molar-refractivity contribution in [3.05, 3.63) is 63.4 Å². The van der Waals surface area contributed by atoms with E-state index in [9.17, 15) is 9.18 Å². The fourth-order valence-corrected chi connectivity index (χ4v) is 3.11. The van der Waals surface area contributed by atoms with Crippen LogP contribution in [0.5, 0.6) is 5.75 Å². The molecule has 0 aliphatic carbocycles. The van der Waals surface area contributed by atoms with E-state index in [0.717, 1.165) is 0 Å². The number of hydrogen-bond donors (Lipinski definition) is 2. The minimum Gasteiger partial charge on any atom is -0.499 e. The maximum atomic E-state index is 15.0. The van der Waals surface area contributed by atoms with Gasteiger partial charge in [-0.3, -0.25) is 9.63 Å². The van der Waals surface area contributed by atoms with Crippen LogP contribution < -0.4 is 15.5 Å². The van der Waals surface area contributed by atoms with Gasteiger partial charge in [0.15, 0.2) is 11.6 Å². The number of nitrogens with one attached hydrogen (secondary N) is 2. The van der Waals surface area contributed by atoms with Gasteiger partial charge in [-0.05, 0) is 46.9 Å². The van der Waals surface area contributed by atoms with Crippen LogP contribution in [0.1, 0.15) is 15.9 Å². The third-order valence-corrected chi connectivity index (χ3v) is 4.61. The van der Waals surface area contributed by atoms with E-state index in [4.69, 9.17) is 14.3 Å². The first-order valence-electron chi connectivity index (χ1n) is 8.36. The Morgan fingerprint density at radius 3 is 2.89 bits per heavy atom. The Labute approximate surface area is 173 Å². The minimum absolute atomic E-state index is 0.0238. The lowest BCUT2D eigenvalue weighted by Gasteiger charge is -2.16. The molecule has 0 aromatic heterocycles. The molecule has 9 heteroatoms. The Bertz CT molecular complexity index is 908. The molecule has 0 spiro atoms. The lowest BCUT2D eigenvalue weighted by molar-refractivity contribution is 0.0145. The summed E-state index contributed by atoms with van der Waals surface area (Å²) in [6.45, 7) is 3.96. The summed E-state index contributed by atoms with van der Waals surface area (Å²) in [5, 5.41) is 2.67. The van der Waals surface area contributed by atoms with Crippen LogP contribution in [0.25, 0.3) is 0 Å². The first kappa shape index (κ1) is 20.3. The quantitative estimate of drug-likeness (QED) is 0.247. The van der Waals surface area contributed by atoms with Crippen molar-refractivity contribution < 1.29 is 27.9 Å². The molecule has 2 aromatic carbocycles. The molecular weight excluding hydrogens is 485 g/mol. The van der Waals surface area contributed by atoms with Crippen molar-refractivity contribution in [2.24, 2.45) is 0 Å². The molecule has 0 unspecified atom stereocenters. The van der Waals surface area contributed by atoms with Gasteiger partial charge >= 0.3 is 0 Å². The van der Waals surface area contributed by atoms with Crippen molar-refractivity contribution in [2.45, 2.75) is 6.42 Å². The summed E-state index contributed by atoms with van der Waals surface area (Å²) in [5.74, 6) is -1.95. The number of ether oxygens (including phenoxy) is 2. The van der Waals surface area contributed by atoms with E-state index in [1.807, 2.05) is 22.6 Å². The zero-order valence-corrected chi connectivity index (χ0v) is 16.8. The van der Waals surface area contributed by atoms with E-state index in [2.05, 4.69) is 17.4 Å². The summed E-state index contributed by atoms with van der Waals surface area (Å²) in [5.41, 5.74) is 2.61. The van der Waals surface area contributed by atoms with Crippen molar-refractivity contribution in [3.8, 4) is 5.75 Å². The molecule has 1 amide bonds. The number of anilines is 2. The molecule has 1 aliphatic rings. The van der Waals surface area contributed by atoms with Gasteiger partial charge in [0.1, 0.15) is 19.0 Å². The third-order valence-electron chi connectivity index (χ3n) is 3.94. The summed E-state index contributed by atoms with van der Waals surface area (Å²) in [7, 11) is 0. The molecule has 1 heterocycles. The number of fused-ring (bicyclic) bond motifs is 1. The molecule has 6 nitrogen and oxygen atoms in total. The number of carbonyl (C=O) groups excluding carboxylic acids is 1. The first-order valence-corrected chi connectivity index (χ1v) is 9.44. The number of rotatable bonds is 8. The molecule has 0 atom stereocenters. The maximum absolute atomic E-state index is 15.0. The van der Waals surface area contributed by atoms with Gasteiger partial charge in [-0.25, -0.2) is 14.3 Å². The molecule has 148 valence electrons. The summed E-state index contributed by atoms with van der Waals surface area (Å²) < 4.78 is 40.1. The number of amides is 1. The zero-order valence-electron chi connectivity index (χ0n) is 14.7. The maximum Gasteiger partial charge on any atom is 0.277 e. The van der Waals surface area contributed by atoms with Gasteiger partial charge < -0.3 is 14.8 Å². The summed E-state index contributed by atoms with van der Waals surface area (Å²) >= 11 is 1.97. The summed E-state index contributed by atoms with van der Waals surface area (Å²) in [6.07, 6.45) is 1.72. The summed E-state index contributed by atoms with van der Waals surface area (Å²) in [6, 6.07) is 5.94. The van der Waals surface area contributed by atoms with Gasteiger partial charge in [0, 0.05) is 15.6 Å². The fraction of sp³-hybridized carbons (Fsp3) is 0.211. The van der Waals surface area contributed by atoms with Crippen LogP contribution in [0.15, 0.2) is 37.1 Å². The molecule has 0 saturated heterocycles. The highest BCUT2D eigenvalue weighted by Crippen LogP contribution is 2.38. The van der Waals surface area contributed by atoms with E-state index in [0.29, 0.717) is 22.2 Å². The third kappa shape index (κ3) is 4.53. The normalized spacial score (nSPS) is 12.1. The molecule has 0 saturated carbocycles. The van der Waals surface area contributed by atoms with Crippen molar-refractivity contribution in [3.63, 3.8) is 0 Å². The Hall–Kier alpha value is -2.40. The van der Waals surface area contributed by atoms with Crippen LogP contribution in [0, 0.1) is 15.2 Å². The molecule has 3 rings (SSSR count). The zero-order chi connectivity index (χ0) is 20.1. The van der Waals surface area contributed by atoms with Crippen LogP contribution in [-0.4, -0.2) is 25.7 Å². The molecule has 2 aromatic rings. The molecular formula is C19H17F2IN2O4. The Balaban J connectivity index is 1.89. The number of halogens is 3. The number of benzene rings is 2. The van der Waals surface area contributed by atoms with Gasteiger partial charge in [-0.15, -0.1) is 0 Å². The van der Waals surface area contributed by atoms with Crippen molar-refractivity contribution in [1.29, 1.82) is 0 Å². The van der Waals surface area contributed by atoms with Crippen molar-refractivity contribution >= 4 is 39.9 Å². The van der Waals surface area contributed by atoms with E-state index in [1.165, 1.54) is 24.5 Å².